The summed E-state index contributed by atoms with van der Waals surface area (Å²) in [6.07, 6.45) is 0. The van der Waals surface area contributed by atoms with Gasteiger partial charge >= 0.3 is 0 Å². The number of hydrogen-bond acceptors (Lipinski definition) is 2. The highest BCUT2D eigenvalue weighted by atomic mass is 79.9. The van der Waals surface area contributed by atoms with E-state index in [0.717, 1.165) is 26.9 Å². The molecule has 0 unspecified atom stereocenters. The third-order valence-electron chi connectivity index (χ3n) is 3.13. The lowest BCUT2D eigenvalue weighted by Crippen LogP contribution is -1.91. The number of fused-ring (bicyclic) bond motifs is 1. The Morgan fingerprint density at radius 2 is 1.89 bits per heavy atom. The van der Waals surface area contributed by atoms with Crippen LogP contribution in [0.1, 0.15) is 5.56 Å². The molecule has 19 heavy (non-hydrogen) atoms. The fourth-order valence-corrected chi connectivity index (χ4v) is 2.43. The van der Waals surface area contributed by atoms with E-state index in [2.05, 4.69) is 27.0 Å². The van der Waals surface area contributed by atoms with Crippen molar-refractivity contribution in [2.24, 2.45) is 7.05 Å². The molecule has 2 aromatic carbocycles. The van der Waals surface area contributed by atoms with Crippen LogP contribution < -0.4 is 0 Å². The van der Waals surface area contributed by atoms with Crippen molar-refractivity contribution in [1.29, 1.82) is 5.26 Å². The second-order valence-electron chi connectivity index (χ2n) is 4.29. The Labute approximate surface area is 119 Å². The lowest BCUT2D eigenvalue weighted by atomic mass is 10.2. The summed E-state index contributed by atoms with van der Waals surface area (Å²) in [7, 11) is 1.97. The molecule has 0 N–H and O–H groups in total. The fraction of sp³-hybridized carbons (Fsp3) is 0.0667. The highest BCUT2D eigenvalue weighted by molar-refractivity contribution is 9.10. The third kappa shape index (κ3) is 1.92. The van der Waals surface area contributed by atoms with E-state index in [1.54, 1.807) is 6.07 Å². The first-order chi connectivity index (χ1) is 9.20. The van der Waals surface area contributed by atoms with Crippen LogP contribution in [0.5, 0.6) is 0 Å². The molecule has 0 aliphatic rings. The SMILES string of the molecule is Cn1c(-c2ccc(Br)cc2)nc2c(C#N)cccc21. The Morgan fingerprint density at radius 1 is 1.16 bits per heavy atom. The normalized spacial score (nSPS) is 10.6. The van der Waals surface area contributed by atoms with E-state index in [0.29, 0.717) is 5.56 Å². The number of benzene rings is 2. The molecule has 3 rings (SSSR count). The van der Waals surface area contributed by atoms with Gasteiger partial charge in [0.25, 0.3) is 0 Å². The second-order valence-corrected chi connectivity index (χ2v) is 5.20. The van der Waals surface area contributed by atoms with Crippen LogP contribution in [0.3, 0.4) is 0 Å². The van der Waals surface area contributed by atoms with Crippen molar-refractivity contribution < 1.29 is 0 Å². The number of para-hydroxylation sites is 1. The van der Waals surface area contributed by atoms with Gasteiger partial charge in [0.2, 0.25) is 0 Å². The first-order valence-corrected chi connectivity index (χ1v) is 6.61. The van der Waals surface area contributed by atoms with E-state index >= 15 is 0 Å². The highest BCUT2D eigenvalue weighted by Crippen LogP contribution is 2.26. The van der Waals surface area contributed by atoms with Crippen molar-refractivity contribution in [1.82, 2.24) is 9.55 Å². The molecule has 4 heteroatoms. The van der Waals surface area contributed by atoms with Crippen LogP contribution in [0.25, 0.3) is 22.4 Å². The summed E-state index contributed by atoms with van der Waals surface area (Å²) in [4.78, 5) is 4.61. The minimum absolute atomic E-state index is 0.608. The standard InChI is InChI=1S/C15H10BrN3/c1-19-13-4-2-3-11(9-17)14(13)18-15(19)10-5-7-12(16)8-6-10/h2-8H,1H3. The minimum atomic E-state index is 0.608. The zero-order chi connectivity index (χ0) is 13.4. The number of aromatic nitrogens is 2. The van der Waals surface area contributed by atoms with E-state index < -0.39 is 0 Å². The molecule has 0 saturated heterocycles. The Hall–Kier alpha value is -2.12. The second kappa shape index (κ2) is 4.52. The molecule has 0 aliphatic heterocycles. The van der Waals surface area contributed by atoms with Gasteiger partial charge in [0, 0.05) is 17.1 Å². The summed E-state index contributed by atoms with van der Waals surface area (Å²) >= 11 is 3.42. The molecule has 3 aromatic rings. The van der Waals surface area contributed by atoms with Crippen molar-refractivity contribution >= 4 is 27.0 Å². The maximum Gasteiger partial charge on any atom is 0.140 e. The van der Waals surface area contributed by atoms with E-state index in [-0.39, 0.29) is 0 Å². The number of aryl methyl sites for hydroxylation is 1. The molecular formula is C15H10BrN3. The van der Waals surface area contributed by atoms with Crippen LogP contribution in [0, 0.1) is 11.3 Å². The first-order valence-electron chi connectivity index (χ1n) is 5.82. The average molecular weight is 312 g/mol. The fourth-order valence-electron chi connectivity index (χ4n) is 2.16. The maximum atomic E-state index is 9.14. The molecule has 0 radical (unpaired) electrons. The Kier molecular flexibility index (Phi) is 2.84. The molecule has 0 fully saturated rings. The van der Waals surface area contributed by atoms with Crippen LogP contribution in [0.15, 0.2) is 46.9 Å². The van der Waals surface area contributed by atoms with Crippen molar-refractivity contribution in [2.45, 2.75) is 0 Å². The van der Waals surface area contributed by atoms with Crippen molar-refractivity contribution in [2.75, 3.05) is 0 Å². The third-order valence-corrected chi connectivity index (χ3v) is 3.66. The topological polar surface area (TPSA) is 41.6 Å². The molecule has 0 aliphatic carbocycles. The van der Waals surface area contributed by atoms with Crippen molar-refractivity contribution in [3.63, 3.8) is 0 Å². The van der Waals surface area contributed by atoms with Crippen molar-refractivity contribution in [3.8, 4) is 17.5 Å². The average Bonchev–Trinajstić information content (AvgIpc) is 2.77. The van der Waals surface area contributed by atoms with Crippen LogP contribution in [-0.4, -0.2) is 9.55 Å². The largest absolute Gasteiger partial charge is 0.327 e. The van der Waals surface area contributed by atoms with Crippen molar-refractivity contribution in [3.05, 3.63) is 52.5 Å². The van der Waals surface area contributed by atoms with Gasteiger partial charge in [-0.2, -0.15) is 5.26 Å². The molecule has 0 spiro atoms. The van der Waals surface area contributed by atoms with E-state index in [1.807, 2.05) is 48.0 Å². The number of rotatable bonds is 1. The Bertz CT molecular complexity index is 795. The molecule has 92 valence electrons. The van der Waals surface area contributed by atoms with Gasteiger partial charge in [-0.3, -0.25) is 0 Å². The lowest BCUT2D eigenvalue weighted by molar-refractivity contribution is 0.959. The Morgan fingerprint density at radius 3 is 2.58 bits per heavy atom. The zero-order valence-corrected chi connectivity index (χ0v) is 11.8. The maximum absolute atomic E-state index is 9.14. The summed E-state index contributed by atoms with van der Waals surface area (Å²) in [5, 5.41) is 9.14. The summed E-state index contributed by atoms with van der Waals surface area (Å²) in [5.74, 6) is 0.866. The van der Waals surface area contributed by atoms with Crippen LogP contribution in [-0.2, 0) is 7.05 Å². The van der Waals surface area contributed by atoms with E-state index in [1.165, 1.54) is 0 Å². The van der Waals surface area contributed by atoms with Gasteiger partial charge in [-0.05, 0) is 24.3 Å². The molecule has 1 heterocycles. The van der Waals surface area contributed by atoms with Crippen LogP contribution in [0.4, 0.5) is 0 Å². The van der Waals surface area contributed by atoms with Gasteiger partial charge < -0.3 is 4.57 Å². The Balaban J connectivity index is 2.29. The van der Waals surface area contributed by atoms with Crippen LogP contribution in [0.2, 0.25) is 0 Å². The summed E-state index contributed by atoms with van der Waals surface area (Å²) in [5.41, 5.74) is 3.37. The van der Waals surface area contributed by atoms with Gasteiger partial charge in [0.15, 0.2) is 0 Å². The molecule has 1 aromatic heterocycles. The van der Waals surface area contributed by atoms with Gasteiger partial charge in [-0.25, -0.2) is 4.98 Å². The predicted molar refractivity (Wildman–Crippen MR) is 78.6 cm³/mol. The quantitative estimate of drug-likeness (QED) is 0.684. The number of nitriles is 1. The zero-order valence-electron chi connectivity index (χ0n) is 10.3. The van der Waals surface area contributed by atoms with Gasteiger partial charge in [0.05, 0.1) is 11.1 Å². The van der Waals surface area contributed by atoms with E-state index in [9.17, 15) is 0 Å². The molecular weight excluding hydrogens is 302 g/mol. The summed E-state index contributed by atoms with van der Waals surface area (Å²) in [6.45, 7) is 0. The number of halogens is 1. The number of hydrogen-bond donors (Lipinski definition) is 0. The molecule has 0 atom stereocenters. The molecule has 3 nitrogen and oxygen atoms in total. The first kappa shape index (κ1) is 11.9. The highest BCUT2D eigenvalue weighted by Gasteiger charge is 2.12. The number of nitrogens with zero attached hydrogens (tertiary/aromatic N) is 3. The predicted octanol–water partition coefficient (Wildman–Crippen LogP) is 3.87. The number of imidazole rings is 1. The van der Waals surface area contributed by atoms with Gasteiger partial charge in [-0.15, -0.1) is 0 Å². The molecule has 0 bridgehead atoms. The van der Waals surface area contributed by atoms with Gasteiger partial charge in [0.1, 0.15) is 17.4 Å². The monoisotopic (exact) mass is 311 g/mol. The van der Waals surface area contributed by atoms with Crippen LogP contribution >= 0.6 is 15.9 Å². The summed E-state index contributed by atoms with van der Waals surface area (Å²) < 4.78 is 3.05. The van der Waals surface area contributed by atoms with E-state index in [4.69, 9.17) is 5.26 Å². The molecule has 0 saturated carbocycles. The minimum Gasteiger partial charge on any atom is -0.327 e. The summed E-state index contributed by atoms with van der Waals surface area (Å²) in [6, 6.07) is 15.8. The lowest BCUT2D eigenvalue weighted by Gasteiger charge is -2.02. The van der Waals surface area contributed by atoms with Gasteiger partial charge in [-0.1, -0.05) is 34.1 Å². The molecule has 0 amide bonds. The smallest absolute Gasteiger partial charge is 0.140 e.